The van der Waals surface area contributed by atoms with E-state index in [0.29, 0.717) is 23.9 Å². The third-order valence-corrected chi connectivity index (χ3v) is 4.74. The van der Waals surface area contributed by atoms with Gasteiger partial charge in [0, 0.05) is 25.2 Å². The number of benzene rings is 1. The van der Waals surface area contributed by atoms with Crippen LogP contribution in [0.25, 0.3) is 0 Å². The Hall–Kier alpha value is -2.56. The van der Waals surface area contributed by atoms with Crippen molar-refractivity contribution < 1.29 is 14.3 Å². The molecule has 0 bridgehead atoms. The van der Waals surface area contributed by atoms with Gasteiger partial charge >= 0.3 is 0 Å². The molecule has 1 aromatic heterocycles. The lowest BCUT2D eigenvalue weighted by Gasteiger charge is -2.25. The van der Waals surface area contributed by atoms with Crippen molar-refractivity contribution in [2.45, 2.75) is 25.2 Å². The minimum Gasteiger partial charge on any atom is -0.497 e. The van der Waals surface area contributed by atoms with Crippen LogP contribution in [0.4, 0.5) is 0 Å². The number of carbonyl (C=O) groups excluding carboxylic acids is 1. The van der Waals surface area contributed by atoms with Gasteiger partial charge in [0.25, 0.3) is 5.91 Å². The summed E-state index contributed by atoms with van der Waals surface area (Å²) in [4.78, 5) is 19.1. The zero-order valence-corrected chi connectivity index (χ0v) is 14.8. The summed E-state index contributed by atoms with van der Waals surface area (Å²) in [6.45, 7) is 1.48. The summed E-state index contributed by atoms with van der Waals surface area (Å²) in [5.74, 6) is 1.56. The number of carbonyl (C=O) groups is 1. The Balaban J connectivity index is 1.80. The molecule has 0 spiro atoms. The van der Waals surface area contributed by atoms with Crippen LogP contribution in [0.15, 0.2) is 42.6 Å². The van der Waals surface area contributed by atoms with Crippen LogP contribution in [0.3, 0.4) is 0 Å². The van der Waals surface area contributed by atoms with E-state index in [-0.39, 0.29) is 5.91 Å². The summed E-state index contributed by atoms with van der Waals surface area (Å²) in [6.07, 6.45) is 4.85. The van der Waals surface area contributed by atoms with E-state index in [0.717, 1.165) is 31.6 Å². The van der Waals surface area contributed by atoms with Crippen molar-refractivity contribution in [3.63, 3.8) is 0 Å². The summed E-state index contributed by atoms with van der Waals surface area (Å²) in [5, 5.41) is 0. The van der Waals surface area contributed by atoms with Crippen LogP contribution in [-0.2, 0) is 0 Å². The van der Waals surface area contributed by atoms with E-state index < -0.39 is 0 Å². The van der Waals surface area contributed by atoms with Gasteiger partial charge in [0.15, 0.2) is 0 Å². The van der Waals surface area contributed by atoms with Crippen molar-refractivity contribution in [3.8, 4) is 11.6 Å². The number of ether oxygens (including phenoxy) is 2. The second-order valence-corrected chi connectivity index (χ2v) is 6.28. The van der Waals surface area contributed by atoms with E-state index in [1.54, 1.807) is 32.5 Å². The first kappa shape index (κ1) is 17.3. The van der Waals surface area contributed by atoms with E-state index in [4.69, 9.17) is 9.47 Å². The first-order valence-corrected chi connectivity index (χ1v) is 8.65. The number of hydrogen-bond donors (Lipinski definition) is 0. The van der Waals surface area contributed by atoms with Gasteiger partial charge in [0.05, 0.1) is 14.2 Å². The molecule has 0 aliphatic carbocycles. The molecule has 0 radical (unpaired) electrons. The third-order valence-electron chi connectivity index (χ3n) is 4.74. The molecule has 1 atom stereocenters. The Kier molecular flexibility index (Phi) is 5.53. The summed E-state index contributed by atoms with van der Waals surface area (Å²) in [6, 6.07) is 11.7. The van der Waals surface area contributed by atoms with Crippen LogP contribution >= 0.6 is 0 Å². The topological polar surface area (TPSA) is 51.7 Å². The number of pyridine rings is 1. The molecule has 1 aromatic carbocycles. The fraction of sp³-hybridized carbons (Fsp3) is 0.400. The fourth-order valence-electron chi connectivity index (χ4n) is 3.36. The molecule has 1 unspecified atom stereocenters. The van der Waals surface area contributed by atoms with Crippen LogP contribution in [0.5, 0.6) is 11.6 Å². The van der Waals surface area contributed by atoms with Crippen LogP contribution in [0.2, 0.25) is 0 Å². The quantitative estimate of drug-likeness (QED) is 0.855. The largest absolute Gasteiger partial charge is 0.497 e. The van der Waals surface area contributed by atoms with Crippen LogP contribution in [-0.4, -0.2) is 43.1 Å². The minimum atomic E-state index is -0.00892. The average Bonchev–Trinajstić information content (AvgIpc) is 2.93. The molecule has 1 fully saturated rings. The van der Waals surface area contributed by atoms with Gasteiger partial charge in [-0.2, -0.15) is 0 Å². The molecule has 1 amide bonds. The summed E-state index contributed by atoms with van der Waals surface area (Å²) >= 11 is 0. The monoisotopic (exact) mass is 340 g/mol. The molecule has 3 rings (SSSR count). The molecule has 1 aliphatic rings. The van der Waals surface area contributed by atoms with E-state index in [2.05, 4.69) is 17.1 Å². The summed E-state index contributed by atoms with van der Waals surface area (Å²) < 4.78 is 10.5. The Morgan fingerprint density at radius 2 is 1.92 bits per heavy atom. The lowest BCUT2D eigenvalue weighted by atomic mass is 9.94. The molecular weight excluding hydrogens is 316 g/mol. The molecule has 1 aliphatic heterocycles. The van der Waals surface area contributed by atoms with Crippen LogP contribution in [0, 0.1) is 0 Å². The predicted molar refractivity (Wildman–Crippen MR) is 96.3 cm³/mol. The fourth-order valence-corrected chi connectivity index (χ4v) is 3.36. The lowest BCUT2D eigenvalue weighted by molar-refractivity contribution is 0.0750. The van der Waals surface area contributed by atoms with Crippen molar-refractivity contribution in [2.75, 3.05) is 27.3 Å². The number of nitrogens with zero attached hydrogens (tertiary/aromatic N) is 2. The Morgan fingerprint density at radius 1 is 1.12 bits per heavy atom. The van der Waals surface area contributed by atoms with E-state index >= 15 is 0 Å². The maximum absolute atomic E-state index is 13.0. The second kappa shape index (κ2) is 8.01. The van der Waals surface area contributed by atoms with Crippen LogP contribution in [0.1, 0.15) is 41.1 Å². The minimum absolute atomic E-state index is 0.00892. The van der Waals surface area contributed by atoms with E-state index in [9.17, 15) is 4.79 Å². The van der Waals surface area contributed by atoms with Crippen molar-refractivity contribution in [2.24, 2.45) is 0 Å². The van der Waals surface area contributed by atoms with E-state index in [1.165, 1.54) is 5.56 Å². The van der Waals surface area contributed by atoms with Gasteiger partial charge in [-0.05, 0) is 42.7 Å². The molecule has 5 heteroatoms. The Morgan fingerprint density at radius 3 is 2.64 bits per heavy atom. The number of methoxy groups -OCH3 is 2. The first-order chi connectivity index (χ1) is 12.2. The van der Waals surface area contributed by atoms with Gasteiger partial charge in [0.2, 0.25) is 5.88 Å². The first-order valence-electron chi connectivity index (χ1n) is 8.65. The highest BCUT2D eigenvalue weighted by molar-refractivity contribution is 5.96. The number of aromatic nitrogens is 1. The third kappa shape index (κ3) is 3.92. The highest BCUT2D eigenvalue weighted by atomic mass is 16.5. The van der Waals surface area contributed by atoms with Gasteiger partial charge < -0.3 is 14.4 Å². The molecule has 25 heavy (non-hydrogen) atoms. The van der Waals surface area contributed by atoms with Crippen molar-refractivity contribution in [1.29, 1.82) is 0 Å². The predicted octanol–water partition coefficient (Wildman–Crippen LogP) is 3.51. The SMILES string of the molecule is COc1ccc(C2CCCCN(C(=O)c3cccnc3OC)C2)cc1. The normalized spacial score (nSPS) is 17.7. The van der Waals surface area contributed by atoms with Crippen molar-refractivity contribution in [1.82, 2.24) is 9.88 Å². The van der Waals surface area contributed by atoms with Gasteiger partial charge in [-0.3, -0.25) is 4.79 Å². The maximum atomic E-state index is 13.0. The number of amides is 1. The molecule has 2 aromatic rings. The molecule has 5 nitrogen and oxygen atoms in total. The smallest absolute Gasteiger partial charge is 0.259 e. The van der Waals surface area contributed by atoms with Crippen molar-refractivity contribution in [3.05, 3.63) is 53.7 Å². The van der Waals surface area contributed by atoms with E-state index in [1.807, 2.05) is 17.0 Å². The van der Waals surface area contributed by atoms with Gasteiger partial charge in [-0.25, -0.2) is 4.98 Å². The lowest BCUT2D eigenvalue weighted by Crippen LogP contribution is -2.34. The second-order valence-electron chi connectivity index (χ2n) is 6.28. The average molecular weight is 340 g/mol. The summed E-state index contributed by atoms with van der Waals surface area (Å²) in [7, 11) is 3.21. The summed E-state index contributed by atoms with van der Waals surface area (Å²) in [5.41, 5.74) is 1.78. The van der Waals surface area contributed by atoms with Crippen molar-refractivity contribution >= 4 is 5.91 Å². The van der Waals surface area contributed by atoms with Gasteiger partial charge in [-0.1, -0.05) is 18.6 Å². The number of rotatable bonds is 4. The zero-order chi connectivity index (χ0) is 17.6. The number of likely N-dealkylation sites (tertiary alicyclic amines) is 1. The standard InChI is InChI=1S/C20H24N2O3/c1-24-17-10-8-15(9-11-17)16-6-3-4-13-22(14-16)20(23)18-7-5-12-21-19(18)25-2/h5,7-12,16H,3-4,6,13-14H2,1-2H3. The highest BCUT2D eigenvalue weighted by Gasteiger charge is 2.26. The molecule has 0 N–H and O–H groups in total. The Labute approximate surface area is 148 Å². The molecule has 2 heterocycles. The van der Waals surface area contributed by atoms with Crippen LogP contribution < -0.4 is 9.47 Å². The molecule has 132 valence electrons. The van der Waals surface area contributed by atoms with Gasteiger partial charge in [-0.15, -0.1) is 0 Å². The Bertz CT molecular complexity index is 715. The highest BCUT2D eigenvalue weighted by Crippen LogP contribution is 2.29. The molecular formula is C20H24N2O3. The van der Waals surface area contributed by atoms with Gasteiger partial charge in [0.1, 0.15) is 11.3 Å². The maximum Gasteiger partial charge on any atom is 0.259 e. The zero-order valence-electron chi connectivity index (χ0n) is 14.8. The molecule has 0 saturated carbocycles. The molecule has 1 saturated heterocycles. The number of hydrogen-bond acceptors (Lipinski definition) is 4.